The lowest BCUT2D eigenvalue weighted by Gasteiger charge is -2.21. The molecule has 0 saturated heterocycles. The van der Waals surface area contributed by atoms with Gasteiger partial charge in [-0.3, -0.25) is 37.3 Å². The highest BCUT2D eigenvalue weighted by molar-refractivity contribution is 7.47. The zero-order valence-electron chi connectivity index (χ0n) is 66.9. The molecule has 0 amide bonds. The third-order valence-corrected chi connectivity index (χ3v) is 21.7. The van der Waals surface area contributed by atoms with Crippen molar-refractivity contribution in [3.05, 3.63) is 0 Å². The second-order valence-electron chi connectivity index (χ2n) is 30.6. The lowest BCUT2D eigenvalue weighted by Crippen LogP contribution is -2.30. The molecule has 0 heterocycles. The van der Waals surface area contributed by atoms with Crippen LogP contribution in [0.25, 0.3) is 0 Å². The second-order valence-corrected chi connectivity index (χ2v) is 33.5. The summed E-state index contributed by atoms with van der Waals surface area (Å²) in [5.41, 5.74) is 0. The van der Waals surface area contributed by atoms with E-state index in [9.17, 15) is 43.2 Å². The number of aliphatic hydroxyl groups is 1. The molecule has 0 fully saturated rings. The smallest absolute Gasteiger partial charge is 0.462 e. The summed E-state index contributed by atoms with van der Waals surface area (Å²) in [7, 11) is -9.92. The highest BCUT2D eigenvalue weighted by atomic mass is 31.2. The minimum atomic E-state index is -4.96. The summed E-state index contributed by atoms with van der Waals surface area (Å²) in [5.74, 6) is -0.565. The molecule has 0 aromatic carbocycles. The van der Waals surface area contributed by atoms with Crippen molar-refractivity contribution in [2.75, 3.05) is 39.6 Å². The number of hydrogen-bond acceptors (Lipinski definition) is 15. The van der Waals surface area contributed by atoms with E-state index < -0.39 is 97.5 Å². The number of esters is 4. The molecule has 3 N–H and O–H groups in total. The second kappa shape index (κ2) is 74.5. The predicted octanol–water partition coefficient (Wildman–Crippen LogP) is 25.1. The van der Waals surface area contributed by atoms with Crippen molar-refractivity contribution in [1.82, 2.24) is 0 Å². The maximum atomic E-state index is 13.1. The van der Waals surface area contributed by atoms with Gasteiger partial charge in [0.05, 0.1) is 26.4 Å². The van der Waals surface area contributed by atoms with Gasteiger partial charge in [-0.1, -0.05) is 388 Å². The van der Waals surface area contributed by atoms with Crippen molar-refractivity contribution in [1.29, 1.82) is 0 Å². The zero-order valence-corrected chi connectivity index (χ0v) is 68.7. The fraction of sp³-hybridized carbons (Fsp3) is 0.952. The Kier molecular flexibility index (Phi) is 73.1. The van der Waals surface area contributed by atoms with E-state index in [1.165, 1.54) is 250 Å². The zero-order chi connectivity index (χ0) is 74.9. The Morgan fingerprint density at radius 2 is 0.500 bits per heavy atom. The number of carbonyl (C=O) groups excluding carboxylic acids is 4. The molecule has 6 atom stereocenters. The van der Waals surface area contributed by atoms with Gasteiger partial charge >= 0.3 is 39.5 Å². The fourth-order valence-electron chi connectivity index (χ4n) is 12.9. The number of rotatable bonds is 82. The van der Waals surface area contributed by atoms with Crippen molar-refractivity contribution < 1.29 is 80.2 Å². The first-order valence-electron chi connectivity index (χ1n) is 43.0. The van der Waals surface area contributed by atoms with Crippen LogP contribution in [0, 0.1) is 11.8 Å². The Hall–Kier alpha value is -1.94. The Labute approximate surface area is 626 Å². The van der Waals surface area contributed by atoms with Crippen molar-refractivity contribution in [2.45, 2.75) is 458 Å². The van der Waals surface area contributed by atoms with Gasteiger partial charge in [-0.25, -0.2) is 9.13 Å². The first kappa shape index (κ1) is 100. The van der Waals surface area contributed by atoms with Crippen LogP contribution in [0.15, 0.2) is 0 Å². The maximum absolute atomic E-state index is 13.1. The van der Waals surface area contributed by atoms with Crippen LogP contribution in [-0.2, 0) is 65.4 Å². The Morgan fingerprint density at radius 1 is 0.284 bits per heavy atom. The molecular formula is C83H162O17P2. The highest BCUT2D eigenvalue weighted by Gasteiger charge is 2.30. The van der Waals surface area contributed by atoms with Gasteiger partial charge in [-0.2, -0.15) is 0 Å². The van der Waals surface area contributed by atoms with Gasteiger partial charge in [0.2, 0.25) is 0 Å². The summed E-state index contributed by atoms with van der Waals surface area (Å²) in [4.78, 5) is 73.1. The molecule has 0 aromatic heterocycles. The molecule has 0 aliphatic rings. The van der Waals surface area contributed by atoms with Crippen LogP contribution in [0.3, 0.4) is 0 Å². The minimum absolute atomic E-state index is 0.108. The van der Waals surface area contributed by atoms with E-state index >= 15 is 0 Å². The van der Waals surface area contributed by atoms with Gasteiger partial charge in [-0.05, 0) is 37.5 Å². The van der Waals surface area contributed by atoms with E-state index in [1.807, 2.05) is 0 Å². The van der Waals surface area contributed by atoms with Gasteiger partial charge in [0.15, 0.2) is 12.2 Å². The van der Waals surface area contributed by atoms with Gasteiger partial charge in [-0.15, -0.1) is 0 Å². The van der Waals surface area contributed by atoms with Crippen molar-refractivity contribution in [3.8, 4) is 0 Å². The fourth-order valence-corrected chi connectivity index (χ4v) is 14.4. The molecule has 606 valence electrons. The van der Waals surface area contributed by atoms with E-state index in [0.29, 0.717) is 25.7 Å². The molecule has 0 aliphatic carbocycles. The summed E-state index contributed by atoms with van der Waals surface area (Å²) in [5, 5.41) is 10.7. The molecule has 0 radical (unpaired) electrons. The monoisotopic (exact) mass is 1490 g/mol. The van der Waals surface area contributed by atoms with E-state index in [-0.39, 0.29) is 25.7 Å². The topological polar surface area (TPSA) is 237 Å². The van der Waals surface area contributed by atoms with Gasteiger partial charge < -0.3 is 33.8 Å². The van der Waals surface area contributed by atoms with Crippen LogP contribution in [0.2, 0.25) is 0 Å². The molecule has 0 bridgehead atoms. The summed E-state index contributed by atoms with van der Waals surface area (Å²) in [6.45, 7) is 9.65. The molecule has 19 heteroatoms. The molecule has 17 nitrogen and oxygen atoms in total. The first-order chi connectivity index (χ1) is 49.4. The summed E-state index contributed by atoms with van der Waals surface area (Å²) in [6, 6.07) is 0. The minimum Gasteiger partial charge on any atom is -0.462 e. The van der Waals surface area contributed by atoms with E-state index in [4.69, 9.17) is 37.0 Å². The van der Waals surface area contributed by atoms with Crippen LogP contribution >= 0.6 is 15.6 Å². The highest BCUT2D eigenvalue weighted by Crippen LogP contribution is 2.45. The van der Waals surface area contributed by atoms with Gasteiger partial charge in [0.25, 0.3) is 0 Å². The first-order valence-corrected chi connectivity index (χ1v) is 46.0. The SMILES string of the molecule is CCCCCCCCCCCCCCCCCCCC(=O)OC[C@H](COP(=O)(O)OC[C@@H](O)COP(=O)(O)OC[C@@H](COC(=O)CCCCCCCCC(C)CC)OC(=O)CCCCCCCCCCCCCCCCCC)OC(=O)CCCCCCCCCCCCCCCCCCC(C)C. The molecule has 3 unspecified atom stereocenters. The number of aliphatic hydroxyl groups excluding tert-OH is 1. The third-order valence-electron chi connectivity index (χ3n) is 19.8. The average molecular weight is 1490 g/mol. The van der Waals surface area contributed by atoms with Crippen molar-refractivity contribution in [2.24, 2.45) is 11.8 Å². The Bertz CT molecular complexity index is 1960. The average Bonchev–Trinajstić information content (AvgIpc) is 0.928. The summed E-state index contributed by atoms with van der Waals surface area (Å²) in [6.07, 6.45) is 65.2. The summed E-state index contributed by atoms with van der Waals surface area (Å²) >= 11 is 0. The van der Waals surface area contributed by atoms with E-state index in [2.05, 4.69) is 41.5 Å². The van der Waals surface area contributed by atoms with E-state index in [0.717, 1.165) is 108 Å². The largest absolute Gasteiger partial charge is 0.472 e. The molecule has 0 spiro atoms. The standard InChI is InChI=1S/C83H162O17P2/c1-7-10-12-14-16-18-20-22-24-26-31-34-38-42-46-53-59-65-80(85)93-71-78(99-82(87)67-62-56-48-44-40-36-32-28-27-29-33-37-41-45-51-57-63-75(4)5)73-97-101(89,90)95-69-77(84)70-96-102(91,92)98-74-79(72-94-81(86)66-60-54-50-49-52-58-64-76(6)9-3)100-83(88)68-61-55-47-43-39-35-30-25-23-21-19-17-15-13-11-8-2/h75-79,84H,7-74H2,1-6H3,(H,89,90)(H,91,92)/t76?,77-,78-,79-/m1/s1. The molecular weight excluding hydrogens is 1330 g/mol. The lowest BCUT2D eigenvalue weighted by molar-refractivity contribution is -0.161. The molecule has 0 aliphatic heterocycles. The summed E-state index contributed by atoms with van der Waals surface area (Å²) < 4.78 is 68.8. The van der Waals surface area contributed by atoms with Crippen molar-refractivity contribution >= 4 is 39.5 Å². The Morgan fingerprint density at radius 3 is 0.745 bits per heavy atom. The number of ether oxygens (including phenoxy) is 4. The molecule has 0 rings (SSSR count). The van der Waals surface area contributed by atoms with E-state index in [1.54, 1.807) is 0 Å². The Balaban J connectivity index is 5.24. The predicted molar refractivity (Wildman–Crippen MR) is 418 cm³/mol. The third kappa shape index (κ3) is 74.9. The van der Waals surface area contributed by atoms with Crippen LogP contribution in [0.4, 0.5) is 0 Å². The van der Waals surface area contributed by atoms with Crippen LogP contribution < -0.4 is 0 Å². The molecule has 102 heavy (non-hydrogen) atoms. The lowest BCUT2D eigenvalue weighted by atomic mass is 10.00. The van der Waals surface area contributed by atoms with Gasteiger partial charge in [0.1, 0.15) is 19.3 Å². The quantitative estimate of drug-likeness (QED) is 0.0222. The molecule has 0 aromatic rings. The number of hydrogen-bond donors (Lipinski definition) is 3. The number of unbranched alkanes of at least 4 members (excludes halogenated alkanes) is 51. The number of phosphoric acid groups is 2. The maximum Gasteiger partial charge on any atom is 0.472 e. The van der Waals surface area contributed by atoms with Crippen LogP contribution in [0.5, 0.6) is 0 Å². The van der Waals surface area contributed by atoms with Crippen LogP contribution in [-0.4, -0.2) is 96.7 Å². The van der Waals surface area contributed by atoms with Crippen molar-refractivity contribution in [3.63, 3.8) is 0 Å². The normalized spacial score (nSPS) is 14.1. The molecule has 0 saturated carbocycles. The van der Waals surface area contributed by atoms with Gasteiger partial charge in [0, 0.05) is 25.7 Å². The number of phosphoric ester groups is 2. The number of carbonyl (C=O) groups is 4. The van der Waals surface area contributed by atoms with Crippen LogP contribution in [0.1, 0.15) is 440 Å².